The molecule has 0 fully saturated rings. The summed E-state index contributed by atoms with van der Waals surface area (Å²) in [6.45, 7) is 7.79. The van der Waals surface area contributed by atoms with E-state index in [0.717, 1.165) is 39.0 Å². The van der Waals surface area contributed by atoms with Crippen LogP contribution in [-0.4, -0.2) is 14.0 Å². The molecule has 1 aliphatic heterocycles. The Morgan fingerprint density at radius 2 is 1.80 bits per heavy atom. The average Bonchev–Trinajstić information content (AvgIpc) is 2.61. The normalized spacial score (nSPS) is 14.7. The first-order valence-electron chi connectivity index (χ1n) is 8.46. The van der Waals surface area contributed by atoms with E-state index in [9.17, 15) is 0 Å². The first-order valence-corrected chi connectivity index (χ1v) is 8.46. The third-order valence-electron chi connectivity index (χ3n) is 4.54. The molecule has 1 unspecified atom stereocenters. The maximum absolute atomic E-state index is 6.46. The van der Waals surface area contributed by atoms with Gasteiger partial charge in [0.2, 0.25) is 0 Å². The van der Waals surface area contributed by atoms with E-state index in [2.05, 4.69) is 30.8 Å². The second kappa shape index (κ2) is 5.78. The van der Waals surface area contributed by atoms with Crippen molar-refractivity contribution < 1.29 is 9.47 Å². The van der Waals surface area contributed by atoms with Crippen molar-refractivity contribution in [2.45, 2.75) is 25.5 Å². The molecule has 2 nitrogen and oxygen atoms in total. The standard InChI is InChI=1S/C22H19BO2/c1-4-22(23,25-14(2)3)16-11-12-19-18(13-16)17-9-5-7-15-8-6-10-20(24-19)21(15)17/h4-14H,1H2,2-3H3. The zero-order valence-electron chi connectivity index (χ0n) is 14.5. The van der Waals surface area contributed by atoms with Crippen LogP contribution in [0.3, 0.4) is 0 Å². The summed E-state index contributed by atoms with van der Waals surface area (Å²) in [4.78, 5) is 0. The van der Waals surface area contributed by atoms with Gasteiger partial charge in [0.1, 0.15) is 19.3 Å². The molecule has 25 heavy (non-hydrogen) atoms. The fraction of sp³-hybridized carbons (Fsp3) is 0.182. The fourth-order valence-corrected chi connectivity index (χ4v) is 3.43. The van der Waals surface area contributed by atoms with Gasteiger partial charge < -0.3 is 9.47 Å². The lowest BCUT2D eigenvalue weighted by atomic mass is 9.74. The maximum Gasteiger partial charge on any atom is 0.135 e. The molecular formula is C22H19BO2. The van der Waals surface area contributed by atoms with E-state index in [4.69, 9.17) is 17.3 Å². The first-order chi connectivity index (χ1) is 12.0. The van der Waals surface area contributed by atoms with Crippen molar-refractivity contribution in [1.82, 2.24) is 0 Å². The molecule has 0 amide bonds. The third-order valence-corrected chi connectivity index (χ3v) is 4.54. The Kier molecular flexibility index (Phi) is 3.70. The quantitative estimate of drug-likeness (QED) is 0.362. The van der Waals surface area contributed by atoms with Crippen molar-refractivity contribution in [2.75, 3.05) is 0 Å². The van der Waals surface area contributed by atoms with Crippen LogP contribution in [0.15, 0.2) is 67.3 Å². The maximum atomic E-state index is 6.46. The molecule has 0 bridgehead atoms. The summed E-state index contributed by atoms with van der Waals surface area (Å²) in [5, 5.41) is 2.29. The van der Waals surface area contributed by atoms with E-state index >= 15 is 0 Å². The molecule has 2 radical (unpaired) electrons. The van der Waals surface area contributed by atoms with Gasteiger partial charge in [-0.15, -0.1) is 6.58 Å². The number of hydrogen-bond donors (Lipinski definition) is 0. The van der Waals surface area contributed by atoms with Crippen LogP contribution in [0.2, 0.25) is 0 Å². The number of ether oxygens (including phenoxy) is 2. The summed E-state index contributed by atoms with van der Waals surface area (Å²) < 4.78 is 12.0. The average molecular weight is 326 g/mol. The zero-order valence-corrected chi connectivity index (χ0v) is 14.5. The summed E-state index contributed by atoms with van der Waals surface area (Å²) in [6, 6.07) is 18.3. The zero-order chi connectivity index (χ0) is 17.6. The Labute approximate surface area is 149 Å². The van der Waals surface area contributed by atoms with Gasteiger partial charge in [0.05, 0.1) is 11.6 Å². The number of benzene rings is 3. The second-order valence-corrected chi connectivity index (χ2v) is 6.64. The molecule has 3 heteroatoms. The van der Waals surface area contributed by atoms with Crippen LogP contribution in [0.1, 0.15) is 19.4 Å². The third kappa shape index (κ3) is 2.56. The van der Waals surface area contributed by atoms with Gasteiger partial charge in [-0.1, -0.05) is 42.5 Å². The van der Waals surface area contributed by atoms with Crippen molar-refractivity contribution in [3.63, 3.8) is 0 Å². The Hall–Kier alpha value is -2.52. The minimum atomic E-state index is -1.03. The summed E-state index contributed by atoms with van der Waals surface area (Å²) >= 11 is 0. The van der Waals surface area contributed by atoms with Gasteiger partial charge in [0.25, 0.3) is 0 Å². The minimum absolute atomic E-state index is 0.0144. The molecule has 1 heterocycles. The fourth-order valence-electron chi connectivity index (χ4n) is 3.43. The SMILES string of the molecule is [B]C(C=C)(OC(C)C)c1ccc2c(c1)-c1cccc3cccc(c13)O2. The highest BCUT2D eigenvalue weighted by molar-refractivity contribution is 6.16. The number of fused-ring (bicyclic) bond motifs is 2. The highest BCUT2D eigenvalue weighted by Gasteiger charge is 2.27. The molecule has 0 saturated carbocycles. The largest absolute Gasteiger partial charge is 0.456 e. The van der Waals surface area contributed by atoms with E-state index in [0.29, 0.717) is 0 Å². The monoisotopic (exact) mass is 326 g/mol. The second-order valence-electron chi connectivity index (χ2n) is 6.64. The lowest BCUT2D eigenvalue weighted by molar-refractivity contribution is 0.00446. The molecule has 0 N–H and O–H groups in total. The molecule has 3 aromatic carbocycles. The van der Waals surface area contributed by atoms with Crippen molar-refractivity contribution in [2.24, 2.45) is 0 Å². The van der Waals surface area contributed by atoms with Gasteiger partial charge in [-0.3, -0.25) is 0 Å². The lowest BCUT2D eigenvalue weighted by Gasteiger charge is -2.31. The molecule has 122 valence electrons. The van der Waals surface area contributed by atoms with Crippen LogP contribution in [-0.2, 0) is 10.2 Å². The predicted molar refractivity (Wildman–Crippen MR) is 103 cm³/mol. The van der Waals surface area contributed by atoms with Crippen molar-refractivity contribution in [1.29, 1.82) is 0 Å². The molecule has 0 spiro atoms. The van der Waals surface area contributed by atoms with Crippen LogP contribution in [0.4, 0.5) is 0 Å². The smallest absolute Gasteiger partial charge is 0.135 e. The van der Waals surface area contributed by atoms with Crippen molar-refractivity contribution in [3.8, 4) is 22.6 Å². The van der Waals surface area contributed by atoms with E-state index < -0.39 is 5.50 Å². The topological polar surface area (TPSA) is 18.5 Å². The molecule has 0 saturated heterocycles. The Morgan fingerprint density at radius 3 is 2.52 bits per heavy atom. The van der Waals surface area contributed by atoms with Gasteiger partial charge in [0, 0.05) is 10.9 Å². The minimum Gasteiger partial charge on any atom is -0.456 e. The molecule has 1 atom stereocenters. The molecular weight excluding hydrogens is 307 g/mol. The van der Waals surface area contributed by atoms with E-state index in [-0.39, 0.29) is 6.10 Å². The van der Waals surface area contributed by atoms with Gasteiger partial charge in [-0.25, -0.2) is 0 Å². The van der Waals surface area contributed by atoms with E-state index in [1.807, 2.05) is 44.2 Å². The summed E-state index contributed by atoms with van der Waals surface area (Å²) in [7, 11) is 6.46. The molecule has 0 aliphatic carbocycles. The van der Waals surface area contributed by atoms with Gasteiger partial charge in [-0.2, -0.15) is 0 Å². The van der Waals surface area contributed by atoms with Crippen LogP contribution < -0.4 is 4.74 Å². The predicted octanol–water partition coefficient (Wildman–Crippen LogP) is 5.54. The van der Waals surface area contributed by atoms with Crippen LogP contribution in [0.5, 0.6) is 11.5 Å². The van der Waals surface area contributed by atoms with E-state index in [1.54, 1.807) is 6.08 Å². The van der Waals surface area contributed by atoms with Gasteiger partial charge in [0.15, 0.2) is 0 Å². The van der Waals surface area contributed by atoms with Crippen LogP contribution in [0, 0.1) is 0 Å². The molecule has 1 aliphatic rings. The van der Waals surface area contributed by atoms with Crippen LogP contribution >= 0.6 is 0 Å². The molecule has 0 aromatic heterocycles. The Morgan fingerprint density at radius 1 is 1.04 bits per heavy atom. The van der Waals surface area contributed by atoms with Gasteiger partial charge in [-0.05, 0) is 48.6 Å². The van der Waals surface area contributed by atoms with Crippen molar-refractivity contribution >= 4 is 18.6 Å². The van der Waals surface area contributed by atoms with Crippen molar-refractivity contribution in [3.05, 3.63) is 72.8 Å². The summed E-state index contributed by atoms with van der Waals surface area (Å²) in [6.07, 6.45) is 1.63. The molecule has 3 aromatic rings. The van der Waals surface area contributed by atoms with Crippen LogP contribution in [0.25, 0.3) is 21.9 Å². The number of rotatable bonds is 4. The molecule has 4 rings (SSSR count). The summed E-state index contributed by atoms with van der Waals surface area (Å²) in [5.74, 6) is 1.71. The highest BCUT2D eigenvalue weighted by Crippen LogP contribution is 2.47. The Bertz CT molecular complexity index is 972. The van der Waals surface area contributed by atoms with E-state index in [1.165, 1.54) is 0 Å². The van der Waals surface area contributed by atoms with Gasteiger partial charge >= 0.3 is 0 Å². The highest BCUT2D eigenvalue weighted by atomic mass is 16.5. The lowest BCUT2D eigenvalue weighted by Crippen LogP contribution is -2.30. The number of hydrogen-bond acceptors (Lipinski definition) is 2. The Balaban J connectivity index is 1.92. The summed E-state index contributed by atoms with van der Waals surface area (Å²) in [5.41, 5.74) is 1.99. The first kappa shape index (κ1) is 16.0.